The van der Waals surface area contributed by atoms with Crippen molar-refractivity contribution in [1.29, 1.82) is 0 Å². The summed E-state index contributed by atoms with van der Waals surface area (Å²) in [5.41, 5.74) is 3.52. The van der Waals surface area contributed by atoms with E-state index >= 15 is 0 Å². The zero-order valence-electron chi connectivity index (χ0n) is 9.36. The van der Waals surface area contributed by atoms with Crippen LogP contribution in [0, 0.1) is 0 Å². The summed E-state index contributed by atoms with van der Waals surface area (Å²) in [4.78, 5) is 0. The molecule has 0 saturated carbocycles. The molecule has 88 valence electrons. The van der Waals surface area contributed by atoms with Crippen molar-refractivity contribution in [3.8, 4) is 11.4 Å². The number of phenolic OH excluding ortho intramolecular Hbond substituents is 1. The molecule has 3 nitrogen and oxygen atoms in total. The molecule has 1 aromatic heterocycles. The van der Waals surface area contributed by atoms with Crippen LogP contribution in [0.4, 0.5) is 0 Å². The van der Waals surface area contributed by atoms with Gasteiger partial charge in [0.25, 0.3) is 0 Å². The predicted molar refractivity (Wildman–Crippen MR) is 69.6 cm³/mol. The maximum absolute atomic E-state index is 9.53. The van der Waals surface area contributed by atoms with Crippen LogP contribution in [0.15, 0.2) is 28.9 Å². The molecule has 4 heteroatoms. The van der Waals surface area contributed by atoms with Gasteiger partial charge in [-0.25, -0.2) is 4.68 Å². The Morgan fingerprint density at radius 3 is 2.88 bits per heavy atom. The second-order valence-electron chi connectivity index (χ2n) is 4.35. The quantitative estimate of drug-likeness (QED) is 0.876. The first-order chi connectivity index (χ1) is 8.25. The maximum atomic E-state index is 9.53. The summed E-state index contributed by atoms with van der Waals surface area (Å²) in [6, 6.07) is 7.23. The highest BCUT2D eigenvalue weighted by Gasteiger charge is 2.20. The summed E-state index contributed by atoms with van der Waals surface area (Å²) in [7, 11) is 0. The summed E-state index contributed by atoms with van der Waals surface area (Å²) < 4.78 is 2.88. The van der Waals surface area contributed by atoms with Crippen LogP contribution in [0.5, 0.6) is 5.75 Å². The van der Waals surface area contributed by atoms with Gasteiger partial charge in [-0.3, -0.25) is 0 Å². The summed E-state index contributed by atoms with van der Waals surface area (Å²) in [6.07, 6.45) is 4.60. The van der Waals surface area contributed by atoms with Gasteiger partial charge in [0.15, 0.2) is 0 Å². The minimum Gasteiger partial charge on any atom is -0.508 e. The highest BCUT2D eigenvalue weighted by molar-refractivity contribution is 9.10. The third kappa shape index (κ3) is 1.86. The molecule has 0 unspecified atom stereocenters. The maximum Gasteiger partial charge on any atom is 0.132 e. The Bertz CT molecular complexity index is 563. The van der Waals surface area contributed by atoms with Gasteiger partial charge in [0, 0.05) is 17.3 Å². The molecule has 1 heterocycles. The molecule has 1 aliphatic carbocycles. The van der Waals surface area contributed by atoms with Gasteiger partial charge in [0.1, 0.15) is 10.4 Å². The second-order valence-corrected chi connectivity index (χ2v) is 5.11. The first-order valence-corrected chi connectivity index (χ1v) is 6.60. The van der Waals surface area contributed by atoms with Crippen molar-refractivity contribution >= 4 is 15.9 Å². The molecule has 0 aliphatic heterocycles. The monoisotopic (exact) mass is 292 g/mol. The van der Waals surface area contributed by atoms with E-state index in [-0.39, 0.29) is 5.75 Å². The van der Waals surface area contributed by atoms with E-state index in [1.165, 1.54) is 24.1 Å². The summed E-state index contributed by atoms with van der Waals surface area (Å²) in [5.74, 6) is 0.277. The van der Waals surface area contributed by atoms with Crippen molar-refractivity contribution < 1.29 is 5.11 Å². The average molecular weight is 293 g/mol. The third-order valence-corrected chi connectivity index (χ3v) is 3.84. The molecule has 0 saturated heterocycles. The highest BCUT2D eigenvalue weighted by atomic mass is 79.9. The normalized spacial score (nSPS) is 14.6. The van der Waals surface area contributed by atoms with Gasteiger partial charge >= 0.3 is 0 Å². The van der Waals surface area contributed by atoms with E-state index < -0.39 is 0 Å². The van der Waals surface area contributed by atoms with Crippen LogP contribution in [-0.2, 0) is 12.8 Å². The number of aromatic nitrogens is 2. The lowest BCUT2D eigenvalue weighted by Crippen LogP contribution is -2.07. The number of phenols is 1. The van der Waals surface area contributed by atoms with Crippen molar-refractivity contribution in [2.75, 3.05) is 0 Å². The minimum absolute atomic E-state index is 0.277. The lowest BCUT2D eigenvalue weighted by Gasteiger charge is -2.13. The summed E-state index contributed by atoms with van der Waals surface area (Å²) in [5, 5.41) is 14.1. The zero-order valence-corrected chi connectivity index (χ0v) is 10.9. The Morgan fingerprint density at radius 2 is 2.06 bits per heavy atom. The SMILES string of the molecule is Oc1cccc(-n2nc(Br)c3c2CCCC3)c1. The first-order valence-electron chi connectivity index (χ1n) is 5.81. The number of aromatic hydroxyl groups is 1. The minimum atomic E-state index is 0.277. The Hall–Kier alpha value is -1.29. The van der Waals surface area contributed by atoms with E-state index in [0.29, 0.717) is 0 Å². The first kappa shape index (κ1) is 10.8. The van der Waals surface area contributed by atoms with Crippen LogP contribution in [0.25, 0.3) is 5.69 Å². The molecule has 1 aliphatic rings. The van der Waals surface area contributed by atoms with Crippen molar-refractivity contribution in [3.05, 3.63) is 40.1 Å². The van der Waals surface area contributed by atoms with Crippen molar-refractivity contribution in [2.45, 2.75) is 25.7 Å². The molecule has 0 bridgehead atoms. The Labute approximate surface area is 108 Å². The highest BCUT2D eigenvalue weighted by Crippen LogP contribution is 2.30. The fourth-order valence-electron chi connectivity index (χ4n) is 2.39. The van der Waals surface area contributed by atoms with E-state index in [4.69, 9.17) is 0 Å². The third-order valence-electron chi connectivity index (χ3n) is 3.21. The molecule has 1 aromatic carbocycles. The van der Waals surface area contributed by atoms with Crippen LogP contribution >= 0.6 is 15.9 Å². The fraction of sp³-hybridized carbons (Fsp3) is 0.308. The predicted octanol–water partition coefficient (Wildman–Crippen LogP) is 3.22. The molecule has 17 heavy (non-hydrogen) atoms. The average Bonchev–Trinajstić information content (AvgIpc) is 2.68. The number of nitrogens with zero attached hydrogens (tertiary/aromatic N) is 2. The number of hydrogen-bond donors (Lipinski definition) is 1. The van der Waals surface area contributed by atoms with E-state index in [1.807, 2.05) is 16.8 Å². The van der Waals surface area contributed by atoms with Gasteiger partial charge in [0.2, 0.25) is 0 Å². The molecular weight excluding hydrogens is 280 g/mol. The Morgan fingerprint density at radius 1 is 1.24 bits per heavy atom. The largest absolute Gasteiger partial charge is 0.508 e. The molecule has 2 aromatic rings. The van der Waals surface area contributed by atoms with Crippen molar-refractivity contribution in [1.82, 2.24) is 9.78 Å². The standard InChI is InChI=1S/C13H13BrN2O/c14-13-11-6-1-2-7-12(11)16(15-13)9-4-3-5-10(17)8-9/h3-5,8,17H,1-2,6-7H2. The number of rotatable bonds is 1. The summed E-state index contributed by atoms with van der Waals surface area (Å²) in [6.45, 7) is 0. The van der Waals surface area contributed by atoms with E-state index in [2.05, 4.69) is 21.0 Å². The lowest BCUT2D eigenvalue weighted by atomic mass is 9.98. The Balaban J connectivity index is 2.15. The molecule has 0 fully saturated rings. The van der Waals surface area contributed by atoms with Crippen LogP contribution < -0.4 is 0 Å². The van der Waals surface area contributed by atoms with Gasteiger partial charge in [-0.15, -0.1) is 0 Å². The molecule has 1 N–H and O–H groups in total. The molecule has 0 atom stereocenters. The molecule has 0 amide bonds. The zero-order chi connectivity index (χ0) is 11.8. The van der Waals surface area contributed by atoms with Gasteiger partial charge in [-0.2, -0.15) is 5.10 Å². The fourth-order valence-corrected chi connectivity index (χ4v) is 2.98. The molecular formula is C13H13BrN2O. The van der Waals surface area contributed by atoms with E-state index in [9.17, 15) is 5.11 Å². The molecule has 0 radical (unpaired) electrons. The van der Waals surface area contributed by atoms with Crippen LogP contribution in [0.2, 0.25) is 0 Å². The van der Waals surface area contributed by atoms with Gasteiger partial charge in [-0.1, -0.05) is 6.07 Å². The molecule has 0 spiro atoms. The smallest absolute Gasteiger partial charge is 0.132 e. The van der Waals surface area contributed by atoms with Crippen molar-refractivity contribution in [2.24, 2.45) is 0 Å². The van der Waals surface area contributed by atoms with Gasteiger partial charge in [-0.05, 0) is 53.7 Å². The van der Waals surface area contributed by atoms with E-state index in [1.54, 1.807) is 12.1 Å². The van der Waals surface area contributed by atoms with Crippen LogP contribution in [0.3, 0.4) is 0 Å². The van der Waals surface area contributed by atoms with Crippen LogP contribution in [0.1, 0.15) is 24.1 Å². The van der Waals surface area contributed by atoms with Crippen molar-refractivity contribution in [3.63, 3.8) is 0 Å². The van der Waals surface area contributed by atoms with Gasteiger partial charge < -0.3 is 5.11 Å². The van der Waals surface area contributed by atoms with Crippen LogP contribution in [-0.4, -0.2) is 14.9 Å². The number of hydrogen-bond acceptors (Lipinski definition) is 2. The van der Waals surface area contributed by atoms with E-state index in [0.717, 1.165) is 23.1 Å². The topological polar surface area (TPSA) is 38.0 Å². The summed E-state index contributed by atoms with van der Waals surface area (Å²) >= 11 is 3.52. The Kier molecular flexibility index (Phi) is 2.67. The van der Waals surface area contributed by atoms with Gasteiger partial charge in [0.05, 0.1) is 5.69 Å². The number of benzene rings is 1. The second kappa shape index (κ2) is 4.18. The number of halogens is 1. The molecule has 3 rings (SSSR count). The lowest BCUT2D eigenvalue weighted by molar-refractivity contribution is 0.474. The number of fused-ring (bicyclic) bond motifs is 1.